The smallest absolute Gasteiger partial charge is 0.0275 e. The Hall–Kier alpha value is -0.380. The standard InChI is InChI=1S/C13H25N3/c1-15-9-3-2-5-13(15)6-4-10-16-11-7-14-8-12-16/h4,6,13-14H,2-3,5,7-12H2,1H3/b6-4-. The molecule has 0 aromatic carbocycles. The molecule has 0 spiro atoms. The molecule has 2 heterocycles. The molecule has 2 saturated heterocycles. The van der Waals surface area contributed by atoms with Crippen LogP contribution in [0, 0.1) is 0 Å². The first-order valence-corrected chi connectivity index (χ1v) is 6.66. The number of piperidine rings is 1. The summed E-state index contributed by atoms with van der Waals surface area (Å²) < 4.78 is 0. The molecule has 0 saturated carbocycles. The third-order valence-electron chi connectivity index (χ3n) is 3.76. The van der Waals surface area contributed by atoms with E-state index in [9.17, 15) is 0 Å². The van der Waals surface area contributed by atoms with Crippen LogP contribution in [0.1, 0.15) is 19.3 Å². The highest BCUT2D eigenvalue weighted by molar-refractivity contribution is 4.97. The van der Waals surface area contributed by atoms with Gasteiger partial charge in [0.15, 0.2) is 0 Å². The van der Waals surface area contributed by atoms with Crippen LogP contribution in [-0.2, 0) is 0 Å². The third kappa shape index (κ3) is 3.58. The third-order valence-corrected chi connectivity index (χ3v) is 3.76. The van der Waals surface area contributed by atoms with Gasteiger partial charge in [0.1, 0.15) is 0 Å². The Kier molecular flexibility index (Phi) is 4.82. The van der Waals surface area contributed by atoms with Crippen molar-refractivity contribution in [3.05, 3.63) is 12.2 Å². The van der Waals surface area contributed by atoms with Gasteiger partial charge in [0.2, 0.25) is 0 Å². The van der Waals surface area contributed by atoms with Crippen molar-refractivity contribution in [2.45, 2.75) is 25.3 Å². The minimum absolute atomic E-state index is 0.691. The van der Waals surface area contributed by atoms with E-state index in [0.717, 1.165) is 19.6 Å². The van der Waals surface area contributed by atoms with Gasteiger partial charge in [0, 0.05) is 38.8 Å². The number of piperazine rings is 1. The molecule has 92 valence electrons. The number of nitrogens with zero attached hydrogens (tertiary/aromatic N) is 2. The van der Waals surface area contributed by atoms with Crippen LogP contribution in [-0.4, -0.2) is 62.2 Å². The minimum atomic E-state index is 0.691. The van der Waals surface area contributed by atoms with Crippen molar-refractivity contribution in [1.82, 2.24) is 15.1 Å². The highest BCUT2D eigenvalue weighted by Crippen LogP contribution is 2.15. The van der Waals surface area contributed by atoms with Gasteiger partial charge in [-0.05, 0) is 26.4 Å². The molecule has 2 aliphatic heterocycles. The van der Waals surface area contributed by atoms with Crippen molar-refractivity contribution in [1.29, 1.82) is 0 Å². The molecule has 3 nitrogen and oxygen atoms in total. The SMILES string of the molecule is CN1CCCCC1/C=C\CN1CCNCC1. The van der Waals surface area contributed by atoms with Gasteiger partial charge in [-0.2, -0.15) is 0 Å². The Balaban J connectivity index is 1.70. The fourth-order valence-electron chi connectivity index (χ4n) is 2.60. The Bertz CT molecular complexity index is 221. The van der Waals surface area contributed by atoms with E-state index in [1.165, 1.54) is 38.9 Å². The highest BCUT2D eigenvalue weighted by atomic mass is 15.2. The molecule has 0 aromatic rings. The zero-order chi connectivity index (χ0) is 11.2. The van der Waals surface area contributed by atoms with Crippen molar-refractivity contribution in [3.63, 3.8) is 0 Å². The van der Waals surface area contributed by atoms with E-state index in [-0.39, 0.29) is 0 Å². The van der Waals surface area contributed by atoms with Gasteiger partial charge in [-0.25, -0.2) is 0 Å². The van der Waals surface area contributed by atoms with Crippen LogP contribution in [0.25, 0.3) is 0 Å². The molecule has 2 aliphatic rings. The van der Waals surface area contributed by atoms with Gasteiger partial charge in [-0.1, -0.05) is 18.6 Å². The van der Waals surface area contributed by atoms with E-state index in [4.69, 9.17) is 0 Å². The van der Waals surface area contributed by atoms with Crippen LogP contribution in [0.3, 0.4) is 0 Å². The Labute approximate surface area is 99.5 Å². The van der Waals surface area contributed by atoms with Gasteiger partial charge >= 0.3 is 0 Å². The predicted molar refractivity (Wildman–Crippen MR) is 68.7 cm³/mol. The fraction of sp³-hybridized carbons (Fsp3) is 0.846. The Morgan fingerprint density at radius 1 is 1.19 bits per heavy atom. The summed E-state index contributed by atoms with van der Waals surface area (Å²) >= 11 is 0. The number of nitrogens with one attached hydrogen (secondary N) is 1. The van der Waals surface area contributed by atoms with Crippen molar-refractivity contribution >= 4 is 0 Å². The van der Waals surface area contributed by atoms with E-state index in [0.29, 0.717) is 6.04 Å². The minimum Gasteiger partial charge on any atom is -0.314 e. The average molecular weight is 223 g/mol. The number of hydrogen-bond acceptors (Lipinski definition) is 3. The van der Waals surface area contributed by atoms with Crippen molar-refractivity contribution in [3.8, 4) is 0 Å². The molecule has 0 aromatic heterocycles. The van der Waals surface area contributed by atoms with E-state index in [2.05, 4.69) is 34.3 Å². The monoisotopic (exact) mass is 223 g/mol. The number of likely N-dealkylation sites (tertiary alicyclic amines) is 1. The number of rotatable bonds is 3. The molecule has 0 amide bonds. The molecule has 1 atom stereocenters. The van der Waals surface area contributed by atoms with Gasteiger partial charge in [0.05, 0.1) is 0 Å². The van der Waals surface area contributed by atoms with Crippen LogP contribution in [0.15, 0.2) is 12.2 Å². The summed E-state index contributed by atoms with van der Waals surface area (Å²) in [6, 6.07) is 0.691. The highest BCUT2D eigenvalue weighted by Gasteiger charge is 2.15. The first kappa shape index (κ1) is 12.1. The van der Waals surface area contributed by atoms with Crippen LogP contribution in [0.2, 0.25) is 0 Å². The van der Waals surface area contributed by atoms with E-state index in [1.54, 1.807) is 0 Å². The fourth-order valence-corrected chi connectivity index (χ4v) is 2.60. The van der Waals surface area contributed by atoms with Gasteiger partial charge in [-0.15, -0.1) is 0 Å². The lowest BCUT2D eigenvalue weighted by Crippen LogP contribution is -2.43. The van der Waals surface area contributed by atoms with Gasteiger partial charge in [0.25, 0.3) is 0 Å². The molecular weight excluding hydrogens is 198 g/mol. The van der Waals surface area contributed by atoms with Crippen LogP contribution in [0.4, 0.5) is 0 Å². The van der Waals surface area contributed by atoms with Crippen LogP contribution < -0.4 is 5.32 Å². The molecular formula is C13H25N3. The number of likely N-dealkylation sites (N-methyl/N-ethyl adjacent to an activating group) is 1. The summed E-state index contributed by atoms with van der Waals surface area (Å²) in [5, 5.41) is 3.39. The second-order valence-corrected chi connectivity index (χ2v) is 5.02. The lowest BCUT2D eigenvalue weighted by atomic mass is 10.0. The second-order valence-electron chi connectivity index (χ2n) is 5.02. The lowest BCUT2D eigenvalue weighted by molar-refractivity contribution is 0.220. The molecule has 0 radical (unpaired) electrons. The maximum Gasteiger partial charge on any atom is 0.0275 e. The molecule has 0 aliphatic carbocycles. The Morgan fingerprint density at radius 2 is 2.00 bits per heavy atom. The molecule has 2 rings (SSSR count). The topological polar surface area (TPSA) is 18.5 Å². The summed E-state index contributed by atoms with van der Waals surface area (Å²) in [4.78, 5) is 5.01. The normalized spacial score (nSPS) is 29.9. The van der Waals surface area contributed by atoms with Crippen molar-refractivity contribution in [2.75, 3.05) is 46.3 Å². The van der Waals surface area contributed by atoms with Crippen LogP contribution >= 0.6 is 0 Å². The summed E-state index contributed by atoms with van der Waals surface area (Å²) in [6.45, 7) is 7.10. The first-order chi connectivity index (χ1) is 7.86. The summed E-state index contributed by atoms with van der Waals surface area (Å²) in [5.74, 6) is 0. The van der Waals surface area contributed by atoms with Gasteiger partial charge in [-0.3, -0.25) is 9.80 Å². The Morgan fingerprint density at radius 3 is 2.75 bits per heavy atom. The molecule has 16 heavy (non-hydrogen) atoms. The molecule has 1 N–H and O–H groups in total. The first-order valence-electron chi connectivity index (χ1n) is 6.66. The molecule has 3 heteroatoms. The van der Waals surface area contributed by atoms with E-state index < -0.39 is 0 Å². The zero-order valence-corrected chi connectivity index (χ0v) is 10.5. The number of hydrogen-bond donors (Lipinski definition) is 1. The lowest BCUT2D eigenvalue weighted by Gasteiger charge is -2.30. The summed E-state index contributed by atoms with van der Waals surface area (Å²) in [7, 11) is 2.25. The van der Waals surface area contributed by atoms with E-state index in [1.807, 2.05) is 0 Å². The molecule has 2 fully saturated rings. The average Bonchev–Trinajstić information content (AvgIpc) is 2.33. The largest absolute Gasteiger partial charge is 0.314 e. The van der Waals surface area contributed by atoms with Crippen molar-refractivity contribution in [2.24, 2.45) is 0 Å². The zero-order valence-electron chi connectivity index (χ0n) is 10.5. The summed E-state index contributed by atoms with van der Waals surface area (Å²) in [5.41, 5.74) is 0. The summed E-state index contributed by atoms with van der Waals surface area (Å²) in [6.07, 6.45) is 8.90. The second kappa shape index (κ2) is 6.38. The van der Waals surface area contributed by atoms with Crippen LogP contribution in [0.5, 0.6) is 0 Å². The molecule has 0 bridgehead atoms. The maximum absolute atomic E-state index is 3.39. The predicted octanol–water partition coefficient (Wildman–Crippen LogP) is 0.932. The maximum atomic E-state index is 3.39. The van der Waals surface area contributed by atoms with Gasteiger partial charge < -0.3 is 5.32 Å². The van der Waals surface area contributed by atoms with Crippen molar-refractivity contribution < 1.29 is 0 Å². The molecule has 1 unspecified atom stereocenters. The quantitative estimate of drug-likeness (QED) is 0.718. The van der Waals surface area contributed by atoms with E-state index >= 15 is 0 Å².